The van der Waals surface area contributed by atoms with Gasteiger partial charge < -0.3 is 14.5 Å². The smallest absolute Gasteiger partial charge is 0.254 e. The first-order chi connectivity index (χ1) is 13.1. The van der Waals surface area contributed by atoms with E-state index in [0.717, 1.165) is 17.0 Å². The van der Waals surface area contributed by atoms with E-state index in [2.05, 4.69) is 11.7 Å². The second kappa shape index (κ2) is 8.49. The summed E-state index contributed by atoms with van der Waals surface area (Å²) in [5.41, 5.74) is 1.93. The number of ether oxygens (including phenoxy) is 1. The van der Waals surface area contributed by atoms with Gasteiger partial charge in [-0.15, -0.1) is 6.58 Å². The molecule has 6 heteroatoms. The van der Waals surface area contributed by atoms with E-state index in [1.165, 1.54) is 18.2 Å². The van der Waals surface area contributed by atoms with Gasteiger partial charge in [-0.05, 0) is 30.3 Å². The molecular weight excluding hydrogens is 347 g/mol. The van der Waals surface area contributed by atoms with Crippen molar-refractivity contribution in [3.63, 3.8) is 0 Å². The van der Waals surface area contributed by atoms with E-state index in [1.54, 1.807) is 24.2 Å². The molecule has 2 aromatic carbocycles. The Morgan fingerprint density at radius 3 is 2.93 bits per heavy atom. The van der Waals surface area contributed by atoms with E-state index >= 15 is 0 Å². The highest BCUT2D eigenvalue weighted by atomic mass is 19.1. The average Bonchev–Trinajstić information content (AvgIpc) is 3.15. The number of carbonyl (C=O) groups is 1. The molecule has 0 saturated heterocycles. The maximum absolute atomic E-state index is 13.4. The van der Waals surface area contributed by atoms with Crippen LogP contribution in [0.15, 0.2) is 66.3 Å². The molecule has 0 spiro atoms. The van der Waals surface area contributed by atoms with Crippen LogP contribution in [0.5, 0.6) is 5.75 Å². The summed E-state index contributed by atoms with van der Waals surface area (Å²) in [5.74, 6) is 0.00124. The van der Waals surface area contributed by atoms with Crippen LogP contribution in [0.1, 0.15) is 22.3 Å². The number of hydrogen-bond donors (Lipinski definition) is 0. The van der Waals surface area contributed by atoms with Crippen LogP contribution in [-0.2, 0) is 4.84 Å². The predicted octanol–water partition coefficient (Wildman–Crippen LogP) is 3.66. The molecule has 27 heavy (non-hydrogen) atoms. The van der Waals surface area contributed by atoms with E-state index < -0.39 is 5.82 Å². The molecule has 0 aromatic heterocycles. The molecule has 0 saturated carbocycles. The van der Waals surface area contributed by atoms with Crippen molar-refractivity contribution in [2.24, 2.45) is 5.16 Å². The molecule has 5 nitrogen and oxygen atoms in total. The number of rotatable bonds is 7. The van der Waals surface area contributed by atoms with Gasteiger partial charge in [0.25, 0.3) is 5.91 Å². The number of benzene rings is 2. The maximum atomic E-state index is 13.4. The number of carbonyl (C=O) groups excluding carboxylic acids is 1. The van der Waals surface area contributed by atoms with E-state index in [1.807, 2.05) is 24.3 Å². The van der Waals surface area contributed by atoms with Gasteiger partial charge in [-0.1, -0.05) is 29.4 Å². The third-order valence-electron chi connectivity index (χ3n) is 4.28. The summed E-state index contributed by atoms with van der Waals surface area (Å²) in [7, 11) is 1.61. The van der Waals surface area contributed by atoms with Crippen molar-refractivity contribution in [1.82, 2.24) is 4.90 Å². The van der Waals surface area contributed by atoms with Crippen molar-refractivity contribution in [3.8, 4) is 5.75 Å². The van der Waals surface area contributed by atoms with Crippen molar-refractivity contribution in [3.05, 3.63) is 78.1 Å². The molecule has 0 N–H and O–H groups in total. The van der Waals surface area contributed by atoms with Gasteiger partial charge in [0, 0.05) is 24.1 Å². The first-order valence-corrected chi connectivity index (χ1v) is 8.64. The number of para-hydroxylation sites is 1. The van der Waals surface area contributed by atoms with Crippen LogP contribution < -0.4 is 4.74 Å². The zero-order valence-electron chi connectivity index (χ0n) is 15.1. The molecule has 1 aliphatic rings. The maximum Gasteiger partial charge on any atom is 0.254 e. The van der Waals surface area contributed by atoms with Crippen LogP contribution in [0.2, 0.25) is 0 Å². The molecule has 0 unspecified atom stereocenters. The molecule has 0 bridgehead atoms. The topological polar surface area (TPSA) is 51.1 Å². The molecule has 1 amide bonds. The third kappa shape index (κ3) is 4.34. The van der Waals surface area contributed by atoms with Gasteiger partial charge in [-0.25, -0.2) is 4.39 Å². The fourth-order valence-corrected chi connectivity index (χ4v) is 3.01. The molecule has 0 fully saturated rings. The lowest BCUT2D eigenvalue weighted by molar-refractivity contribution is 0.0449. The van der Waals surface area contributed by atoms with Crippen molar-refractivity contribution >= 4 is 11.6 Å². The van der Waals surface area contributed by atoms with E-state index in [0.29, 0.717) is 25.1 Å². The Bertz CT molecular complexity index is 866. The first-order valence-electron chi connectivity index (χ1n) is 8.64. The quantitative estimate of drug-likeness (QED) is 0.701. The van der Waals surface area contributed by atoms with Crippen LogP contribution in [0.25, 0.3) is 0 Å². The molecule has 3 rings (SSSR count). The summed E-state index contributed by atoms with van der Waals surface area (Å²) in [6.07, 6.45) is 1.89. The summed E-state index contributed by atoms with van der Waals surface area (Å²) in [6, 6.07) is 13.2. The van der Waals surface area contributed by atoms with Crippen LogP contribution in [0.4, 0.5) is 4.39 Å². The first kappa shape index (κ1) is 18.6. The van der Waals surface area contributed by atoms with Gasteiger partial charge >= 0.3 is 0 Å². The van der Waals surface area contributed by atoms with Crippen molar-refractivity contribution in [1.29, 1.82) is 0 Å². The summed E-state index contributed by atoms with van der Waals surface area (Å²) >= 11 is 0. The van der Waals surface area contributed by atoms with Crippen LogP contribution >= 0.6 is 0 Å². The van der Waals surface area contributed by atoms with Crippen molar-refractivity contribution in [2.45, 2.75) is 12.5 Å². The summed E-state index contributed by atoms with van der Waals surface area (Å²) in [6.45, 7) is 4.36. The minimum absolute atomic E-state index is 0.274. The number of halogens is 1. The summed E-state index contributed by atoms with van der Waals surface area (Å²) < 4.78 is 18.8. The molecule has 0 radical (unpaired) electrons. The molecule has 1 atom stereocenters. The number of methoxy groups -OCH3 is 1. The second-order valence-corrected chi connectivity index (χ2v) is 6.18. The molecule has 1 aliphatic heterocycles. The minimum Gasteiger partial charge on any atom is -0.496 e. The standard InChI is InChI=1S/C21H21FN2O3/c1-3-11-24(21(25)15-7-6-8-16(22)12-15)14-17-13-19(23-27-17)18-9-4-5-10-20(18)26-2/h3-10,12,17H,1,11,13-14H2,2H3/t17-/m0/s1. The number of amides is 1. The van der Waals surface area contributed by atoms with Gasteiger partial charge in [-0.3, -0.25) is 4.79 Å². The van der Waals surface area contributed by atoms with Gasteiger partial charge in [0.05, 0.1) is 19.4 Å². The van der Waals surface area contributed by atoms with Crippen molar-refractivity contribution < 1.29 is 18.8 Å². The zero-order valence-corrected chi connectivity index (χ0v) is 15.1. The summed E-state index contributed by atoms with van der Waals surface area (Å²) in [5, 5.41) is 4.17. The Balaban J connectivity index is 1.70. The fraction of sp³-hybridized carbons (Fsp3) is 0.238. The van der Waals surface area contributed by atoms with Gasteiger partial charge in [0.15, 0.2) is 6.10 Å². The molecule has 0 aliphatic carbocycles. The minimum atomic E-state index is -0.446. The molecule has 2 aromatic rings. The van der Waals surface area contributed by atoms with Crippen molar-refractivity contribution in [2.75, 3.05) is 20.2 Å². The zero-order chi connectivity index (χ0) is 19.2. The number of nitrogens with zero attached hydrogens (tertiary/aromatic N) is 2. The fourth-order valence-electron chi connectivity index (χ4n) is 3.01. The molecule has 140 valence electrons. The van der Waals surface area contributed by atoms with Gasteiger partial charge in [-0.2, -0.15) is 0 Å². The van der Waals surface area contributed by atoms with Gasteiger partial charge in [0.1, 0.15) is 11.6 Å². The lowest BCUT2D eigenvalue weighted by atomic mass is 10.0. The summed E-state index contributed by atoms with van der Waals surface area (Å²) in [4.78, 5) is 19.8. The number of oxime groups is 1. The normalized spacial score (nSPS) is 15.6. The Hall–Kier alpha value is -3.15. The van der Waals surface area contributed by atoms with Gasteiger partial charge in [0.2, 0.25) is 0 Å². The largest absolute Gasteiger partial charge is 0.496 e. The number of hydrogen-bond acceptors (Lipinski definition) is 4. The Morgan fingerprint density at radius 2 is 2.19 bits per heavy atom. The van der Waals surface area contributed by atoms with Crippen LogP contribution in [-0.4, -0.2) is 42.8 Å². The van der Waals surface area contributed by atoms with E-state index in [4.69, 9.17) is 9.57 Å². The lowest BCUT2D eigenvalue weighted by Gasteiger charge is -2.23. The highest BCUT2D eigenvalue weighted by Gasteiger charge is 2.28. The predicted molar refractivity (Wildman–Crippen MR) is 102 cm³/mol. The van der Waals surface area contributed by atoms with Crippen LogP contribution in [0.3, 0.4) is 0 Å². The SMILES string of the molecule is C=CCN(C[C@@H]1CC(c2ccccc2OC)=NO1)C(=O)c1cccc(F)c1. The van der Waals surface area contributed by atoms with Crippen LogP contribution in [0, 0.1) is 5.82 Å². The Labute approximate surface area is 157 Å². The third-order valence-corrected chi connectivity index (χ3v) is 4.28. The molecular formula is C21H21FN2O3. The second-order valence-electron chi connectivity index (χ2n) is 6.18. The Morgan fingerprint density at radius 1 is 1.37 bits per heavy atom. The monoisotopic (exact) mass is 368 g/mol. The highest BCUT2D eigenvalue weighted by Crippen LogP contribution is 2.25. The molecule has 1 heterocycles. The highest BCUT2D eigenvalue weighted by molar-refractivity contribution is 6.03. The lowest BCUT2D eigenvalue weighted by Crippen LogP contribution is -2.37. The van der Waals surface area contributed by atoms with E-state index in [-0.39, 0.29) is 12.0 Å². The van der Waals surface area contributed by atoms with E-state index in [9.17, 15) is 9.18 Å². The average molecular weight is 368 g/mol. The Kier molecular flexibility index (Phi) is 5.86.